The van der Waals surface area contributed by atoms with Crippen LogP contribution in [0.25, 0.3) is 10.9 Å². The summed E-state index contributed by atoms with van der Waals surface area (Å²) in [6.07, 6.45) is 4.90. The molecule has 0 saturated heterocycles. The highest BCUT2D eigenvalue weighted by Crippen LogP contribution is 2.27. The fourth-order valence-corrected chi connectivity index (χ4v) is 2.74. The van der Waals surface area contributed by atoms with Crippen LogP contribution in [0, 0.1) is 0 Å². The Bertz CT molecular complexity index is 682. The van der Waals surface area contributed by atoms with Gasteiger partial charge in [-0.2, -0.15) is 0 Å². The van der Waals surface area contributed by atoms with Gasteiger partial charge in [0.25, 0.3) is 5.56 Å². The molecule has 106 valence electrons. The van der Waals surface area contributed by atoms with Crippen molar-refractivity contribution in [1.82, 2.24) is 9.97 Å². The van der Waals surface area contributed by atoms with Gasteiger partial charge in [-0.05, 0) is 25.0 Å². The van der Waals surface area contributed by atoms with Crippen molar-refractivity contribution in [3.8, 4) is 0 Å². The summed E-state index contributed by atoms with van der Waals surface area (Å²) in [7, 11) is 0. The Kier molecular flexibility index (Phi) is 3.31. The third-order valence-corrected chi connectivity index (χ3v) is 3.88. The quantitative estimate of drug-likeness (QED) is 0.616. The Hall–Kier alpha value is -2.08. The van der Waals surface area contributed by atoms with Crippen LogP contribution in [0.4, 0.5) is 11.4 Å². The number of aromatic amines is 1. The highest BCUT2D eigenvalue weighted by atomic mass is 16.3. The summed E-state index contributed by atoms with van der Waals surface area (Å²) in [6.45, 7) is 0. The van der Waals surface area contributed by atoms with Crippen molar-refractivity contribution in [3.63, 3.8) is 0 Å². The molecule has 1 aromatic carbocycles. The molecule has 6 heteroatoms. The molecule has 0 amide bonds. The number of nitrogens with two attached hydrogens (primary N) is 1. The molecule has 1 aliphatic carbocycles. The van der Waals surface area contributed by atoms with Gasteiger partial charge in [-0.3, -0.25) is 4.79 Å². The van der Waals surface area contributed by atoms with Crippen LogP contribution >= 0.6 is 0 Å². The standard InChI is InChI=1S/C14H18N4O2/c15-9-5-8-11(16-7-17-14(8)20)6-12(9)18-10-3-1-2-4-13(10)19/h5-7,10,13,18-19H,1-4,15H2,(H,16,17,20). The Morgan fingerprint density at radius 3 is 2.95 bits per heavy atom. The van der Waals surface area contributed by atoms with Gasteiger partial charge in [-0.25, -0.2) is 4.98 Å². The van der Waals surface area contributed by atoms with E-state index >= 15 is 0 Å². The number of nitrogens with one attached hydrogen (secondary N) is 2. The number of H-pyrrole nitrogens is 1. The third kappa shape index (κ3) is 2.34. The smallest absolute Gasteiger partial charge is 0.258 e. The summed E-state index contributed by atoms with van der Waals surface area (Å²) in [5.41, 5.74) is 7.60. The zero-order valence-electron chi connectivity index (χ0n) is 11.1. The second-order valence-corrected chi connectivity index (χ2v) is 5.29. The van der Waals surface area contributed by atoms with E-state index in [1.54, 1.807) is 12.1 Å². The lowest BCUT2D eigenvalue weighted by Gasteiger charge is -2.29. The fraction of sp³-hybridized carbons (Fsp3) is 0.429. The molecule has 0 aliphatic heterocycles. The lowest BCUT2D eigenvalue weighted by atomic mass is 9.92. The molecule has 5 N–H and O–H groups in total. The van der Waals surface area contributed by atoms with Gasteiger partial charge in [-0.1, -0.05) is 12.8 Å². The van der Waals surface area contributed by atoms with Crippen molar-refractivity contribution in [2.75, 3.05) is 11.1 Å². The van der Waals surface area contributed by atoms with E-state index < -0.39 is 0 Å². The SMILES string of the molecule is Nc1cc2c(=O)[nH]cnc2cc1NC1CCCCC1O. The first kappa shape index (κ1) is 12.9. The topological polar surface area (TPSA) is 104 Å². The Labute approximate surface area is 116 Å². The number of aromatic nitrogens is 2. The van der Waals surface area contributed by atoms with Crippen LogP contribution < -0.4 is 16.6 Å². The first-order chi connectivity index (χ1) is 9.65. The van der Waals surface area contributed by atoms with E-state index in [1.165, 1.54) is 6.33 Å². The molecule has 0 bridgehead atoms. The van der Waals surface area contributed by atoms with E-state index in [-0.39, 0.29) is 17.7 Å². The lowest BCUT2D eigenvalue weighted by Crippen LogP contribution is -2.36. The molecule has 1 saturated carbocycles. The Morgan fingerprint density at radius 2 is 2.15 bits per heavy atom. The number of aliphatic hydroxyl groups excluding tert-OH is 1. The molecule has 1 aromatic heterocycles. The minimum atomic E-state index is -0.356. The summed E-state index contributed by atoms with van der Waals surface area (Å²) in [4.78, 5) is 18.3. The average molecular weight is 274 g/mol. The fourth-order valence-electron chi connectivity index (χ4n) is 2.74. The number of anilines is 2. The van der Waals surface area contributed by atoms with Gasteiger partial charge in [0.2, 0.25) is 0 Å². The zero-order valence-corrected chi connectivity index (χ0v) is 11.1. The maximum Gasteiger partial charge on any atom is 0.258 e. The van der Waals surface area contributed by atoms with Gasteiger partial charge in [0, 0.05) is 0 Å². The number of aliphatic hydroxyl groups is 1. The molecule has 6 nitrogen and oxygen atoms in total. The molecule has 0 spiro atoms. The number of rotatable bonds is 2. The van der Waals surface area contributed by atoms with Crippen molar-refractivity contribution in [3.05, 3.63) is 28.8 Å². The second kappa shape index (κ2) is 5.13. The number of fused-ring (bicyclic) bond motifs is 1. The third-order valence-electron chi connectivity index (χ3n) is 3.88. The molecule has 1 heterocycles. The summed E-state index contributed by atoms with van der Waals surface area (Å²) >= 11 is 0. The highest BCUT2D eigenvalue weighted by Gasteiger charge is 2.23. The first-order valence-corrected chi connectivity index (χ1v) is 6.86. The van der Waals surface area contributed by atoms with Crippen LogP contribution in [0.2, 0.25) is 0 Å². The van der Waals surface area contributed by atoms with Crippen molar-refractivity contribution in [2.45, 2.75) is 37.8 Å². The summed E-state index contributed by atoms with van der Waals surface area (Å²) < 4.78 is 0. The van der Waals surface area contributed by atoms with Crippen molar-refractivity contribution < 1.29 is 5.11 Å². The lowest BCUT2D eigenvalue weighted by molar-refractivity contribution is 0.116. The van der Waals surface area contributed by atoms with E-state index in [9.17, 15) is 9.90 Å². The summed E-state index contributed by atoms with van der Waals surface area (Å²) in [6, 6.07) is 3.39. The van der Waals surface area contributed by atoms with Gasteiger partial charge in [0.05, 0.1) is 40.8 Å². The molecular formula is C14H18N4O2. The van der Waals surface area contributed by atoms with E-state index in [0.29, 0.717) is 16.6 Å². The number of nitrogens with zero attached hydrogens (tertiary/aromatic N) is 1. The second-order valence-electron chi connectivity index (χ2n) is 5.29. The van der Waals surface area contributed by atoms with Crippen LogP contribution in [0.1, 0.15) is 25.7 Å². The van der Waals surface area contributed by atoms with E-state index in [2.05, 4.69) is 15.3 Å². The molecule has 1 aliphatic rings. The minimum absolute atomic E-state index is 0.00509. The predicted molar refractivity (Wildman–Crippen MR) is 78.7 cm³/mol. The highest BCUT2D eigenvalue weighted by molar-refractivity contribution is 5.88. The predicted octanol–water partition coefficient (Wildman–Crippen LogP) is 1.22. The monoisotopic (exact) mass is 274 g/mol. The van der Waals surface area contributed by atoms with Crippen LogP contribution in [-0.2, 0) is 0 Å². The molecule has 3 rings (SSSR count). The van der Waals surface area contributed by atoms with E-state index in [4.69, 9.17) is 5.73 Å². The number of hydrogen-bond donors (Lipinski definition) is 4. The van der Waals surface area contributed by atoms with Crippen molar-refractivity contribution >= 4 is 22.3 Å². The van der Waals surface area contributed by atoms with E-state index in [0.717, 1.165) is 31.4 Å². The van der Waals surface area contributed by atoms with Crippen molar-refractivity contribution in [1.29, 1.82) is 0 Å². The van der Waals surface area contributed by atoms with Crippen LogP contribution in [0.5, 0.6) is 0 Å². The number of hydrogen-bond acceptors (Lipinski definition) is 5. The van der Waals surface area contributed by atoms with E-state index in [1.807, 2.05) is 0 Å². The average Bonchev–Trinajstić information content (AvgIpc) is 2.43. The Balaban J connectivity index is 1.95. The molecule has 2 unspecified atom stereocenters. The molecule has 1 fully saturated rings. The normalized spacial score (nSPS) is 22.9. The van der Waals surface area contributed by atoms with Crippen LogP contribution in [0.15, 0.2) is 23.3 Å². The van der Waals surface area contributed by atoms with Gasteiger partial charge < -0.3 is 21.1 Å². The van der Waals surface area contributed by atoms with Gasteiger partial charge in [-0.15, -0.1) is 0 Å². The number of benzene rings is 1. The Morgan fingerprint density at radius 1 is 1.35 bits per heavy atom. The molecular weight excluding hydrogens is 256 g/mol. The summed E-state index contributed by atoms with van der Waals surface area (Å²) in [5.74, 6) is 0. The van der Waals surface area contributed by atoms with Crippen molar-refractivity contribution in [2.24, 2.45) is 0 Å². The molecule has 2 aromatic rings. The molecule has 2 atom stereocenters. The van der Waals surface area contributed by atoms with Crippen LogP contribution in [-0.4, -0.2) is 27.2 Å². The van der Waals surface area contributed by atoms with Gasteiger partial charge >= 0.3 is 0 Å². The molecule has 0 radical (unpaired) electrons. The van der Waals surface area contributed by atoms with Gasteiger partial charge in [0.15, 0.2) is 0 Å². The zero-order chi connectivity index (χ0) is 14.1. The molecule has 20 heavy (non-hydrogen) atoms. The number of nitrogen functional groups attached to an aromatic ring is 1. The maximum absolute atomic E-state index is 11.7. The first-order valence-electron chi connectivity index (χ1n) is 6.86. The van der Waals surface area contributed by atoms with Crippen LogP contribution in [0.3, 0.4) is 0 Å². The summed E-state index contributed by atoms with van der Waals surface area (Å²) in [5, 5.41) is 13.8. The maximum atomic E-state index is 11.7. The largest absolute Gasteiger partial charge is 0.397 e. The van der Waals surface area contributed by atoms with Gasteiger partial charge in [0.1, 0.15) is 0 Å². The minimum Gasteiger partial charge on any atom is -0.397 e.